The number of hydrogen-bond donors (Lipinski definition) is 3. The number of rotatable bonds is 12. The van der Waals surface area contributed by atoms with Gasteiger partial charge in [-0.15, -0.1) is 0 Å². The number of carbonyl (C=O) groups is 2. The van der Waals surface area contributed by atoms with Crippen molar-refractivity contribution in [2.75, 3.05) is 31.8 Å². The molecule has 0 aromatic heterocycles. The highest BCUT2D eigenvalue weighted by atomic mass is 32.2. The first-order valence-electron chi connectivity index (χ1n) is 15.2. The van der Waals surface area contributed by atoms with Gasteiger partial charge in [0.15, 0.2) is 0 Å². The molecule has 0 spiro atoms. The third-order valence-corrected chi connectivity index (χ3v) is 9.58. The van der Waals surface area contributed by atoms with E-state index in [1.807, 2.05) is 6.92 Å². The molecule has 14 heteroatoms. The second-order valence-corrected chi connectivity index (χ2v) is 13.3. The van der Waals surface area contributed by atoms with Crippen LogP contribution in [0.25, 0.3) is 0 Å². The molecule has 0 saturated carbocycles. The molecule has 254 valence electrons. The number of halogens is 4. The van der Waals surface area contributed by atoms with Crippen LogP contribution in [-0.2, 0) is 26.0 Å². The van der Waals surface area contributed by atoms with E-state index in [1.165, 1.54) is 40.9 Å². The van der Waals surface area contributed by atoms with Crippen LogP contribution < -0.4 is 16.0 Å². The number of benzene rings is 3. The number of hydrogen-bond acceptors (Lipinski definition) is 6. The first kappa shape index (κ1) is 35.8. The van der Waals surface area contributed by atoms with E-state index in [1.54, 1.807) is 0 Å². The Balaban J connectivity index is 1.64. The standard InChI is InChI=1S/C33H38F4N4O5S/c1-4-25-18-38-19-26(41(25)47(3,44)45)7-5-8-27-28(37)9-6-10-29(27)39-32(42)31(40-33(43)46-2)30(20-11-13-22(34)14-12-20)21-15-23(35)17-24(36)16-21/h6,9-17,25-26,30-31,38H,4-5,7-8,18-19H2,1-3H3,(H,39,42)(H,40,43)/t25-,26+,30+,31+/m1/s1. The van der Waals surface area contributed by atoms with Gasteiger partial charge in [0.25, 0.3) is 0 Å². The number of piperazine rings is 1. The van der Waals surface area contributed by atoms with Crippen molar-refractivity contribution >= 4 is 27.7 Å². The minimum absolute atomic E-state index is 0.0352. The number of amides is 2. The summed E-state index contributed by atoms with van der Waals surface area (Å²) in [4.78, 5) is 26.4. The van der Waals surface area contributed by atoms with Gasteiger partial charge in [-0.3, -0.25) is 4.79 Å². The lowest BCUT2D eigenvalue weighted by molar-refractivity contribution is -0.118. The Labute approximate surface area is 271 Å². The van der Waals surface area contributed by atoms with Crippen molar-refractivity contribution in [3.05, 3.63) is 101 Å². The van der Waals surface area contributed by atoms with Gasteiger partial charge in [0.05, 0.1) is 13.4 Å². The van der Waals surface area contributed by atoms with Crippen LogP contribution in [0.1, 0.15) is 48.8 Å². The van der Waals surface area contributed by atoms with Crippen LogP contribution in [-0.4, -0.2) is 69.3 Å². The minimum atomic E-state index is -3.50. The van der Waals surface area contributed by atoms with Gasteiger partial charge in [-0.1, -0.05) is 25.1 Å². The van der Waals surface area contributed by atoms with Crippen molar-refractivity contribution in [2.24, 2.45) is 0 Å². The van der Waals surface area contributed by atoms with Crippen molar-refractivity contribution in [1.29, 1.82) is 0 Å². The van der Waals surface area contributed by atoms with Gasteiger partial charge < -0.3 is 20.7 Å². The summed E-state index contributed by atoms with van der Waals surface area (Å²) in [6, 6.07) is 9.45. The van der Waals surface area contributed by atoms with E-state index in [-0.39, 0.29) is 40.9 Å². The number of anilines is 1. The van der Waals surface area contributed by atoms with Crippen LogP contribution >= 0.6 is 0 Å². The zero-order valence-electron chi connectivity index (χ0n) is 26.2. The molecule has 1 heterocycles. The van der Waals surface area contributed by atoms with E-state index in [0.29, 0.717) is 38.4 Å². The van der Waals surface area contributed by atoms with Gasteiger partial charge in [-0.25, -0.2) is 30.8 Å². The molecule has 4 rings (SSSR count). The second-order valence-electron chi connectivity index (χ2n) is 11.5. The number of carbonyl (C=O) groups excluding carboxylic acids is 2. The summed E-state index contributed by atoms with van der Waals surface area (Å²) in [5.74, 6) is -5.20. The Bertz CT molecular complexity index is 1660. The fourth-order valence-corrected chi connectivity index (χ4v) is 7.62. The Morgan fingerprint density at radius 2 is 1.62 bits per heavy atom. The maximum atomic E-state index is 15.3. The van der Waals surface area contributed by atoms with Crippen molar-refractivity contribution in [2.45, 2.75) is 56.7 Å². The molecule has 3 aromatic rings. The molecule has 3 N–H and O–H groups in total. The van der Waals surface area contributed by atoms with Crippen LogP contribution in [0.4, 0.5) is 28.0 Å². The van der Waals surface area contributed by atoms with E-state index in [4.69, 9.17) is 4.74 Å². The van der Waals surface area contributed by atoms with E-state index in [9.17, 15) is 31.2 Å². The Kier molecular flexibility index (Phi) is 12.0. The number of sulfonamides is 1. The van der Waals surface area contributed by atoms with Crippen LogP contribution in [0.3, 0.4) is 0 Å². The highest BCUT2D eigenvalue weighted by Gasteiger charge is 2.36. The zero-order valence-corrected chi connectivity index (χ0v) is 27.1. The van der Waals surface area contributed by atoms with Crippen LogP contribution in [0, 0.1) is 23.3 Å². The molecule has 1 fully saturated rings. The number of nitrogens with one attached hydrogen (secondary N) is 3. The van der Waals surface area contributed by atoms with Crippen LogP contribution in [0.15, 0.2) is 60.7 Å². The smallest absolute Gasteiger partial charge is 0.407 e. The summed E-state index contributed by atoms with van der Waals surface area (Å²) in [5.41, 5.74) is 0.444. The minimum Gasteiger partial charge on any atom is -0.453 e. The number of methoxy groups -OCH3 is 1. The fourth-order valence-electron chi connectivity index (χ4n) is 6.13. The van der Waals surface area contributed by atoms with Gasteiger partial charge in [0.2, 0.25) is 15.9 Å². The molecule has 9 nitrogen and oxygen atoms in total. The molecule has 3 aromatic carbocycles. The van der Waals surface area contributed by atoms with Crippen molar-refractivity contribution < 1.29 is 40.3 Å². The predicted octanol–water partition coefficient (Wildman–Crippen LogP) is 5.07. The Hall–Kier alpha value is -4.01. The maximum Gasteiger partial charge on any atom is 0.407 e. The molecule has 1 saturated heterocycles. The predicted molar refractivity (Wildman–Crippen MR) is 169 cm³/mol. The topological polar surface area (TPSA) is 117 Å². The Morgan fingerprint density at radius 1 is 0.957 bits per heavy atom. The van der Waals surface area contributed by atoms with Crippen LogP contribution in [0.2, 0.25) is 0 Å². The van der Waals surface area contributed by atoms with Gasteiger partial charge in [-0.2, -0.15) is 4.31 Å². The highest BCUT2D eigenvalue weighted by Crippen LogP contribution is 2.32. The first-order valence-corrected chi connectivity index (χ1v) is 17.0. The largest absolute Gasteiger partial charge is 0.453 e. The number of nitrogens with zero attached hydrogens (tertiary/aromatic N) is 1. The average molecular weight is 679 g/mol. The zero-order chi connectivity index (χ0) is 34.3. The maximum absolute atomic E-state index is 15.3. The van der Waals surface area contributed by atoms with Crippen LogP contribution in [0.5, 0.6) is 0 Å². The van der Waals surface area contributed by atoms with Gasteiger partial charge in [0.1, 0.15) is 29.3 Å². The third-order valence-electron chi connectivity index (χ3n) is 8.22. The lowest BCUT2D eigenvalue weighted by Gasteiger charge is -2.40. The molecule has 1 aliphatic heterocycles. The summed E-state index contributed by atoms with van der Waals surface area (Å²) in [6.45, 7) is 2.89. The molecule has 47 heavy (non-hydrogen) atoms. The summed E-state index contributed by atoms with van der Waals surface area (Å²) < 4.78 is 89.3. The summed E-state index contributed by atoms with van der Waals surface area (Å²) in [5, 5.41) is 8.33. The molecular formula is C33H38F4N4O5S. The van der Waals surface area contributed by atoms with Gasteiger partial charge in [0, 0.05) is 48.4 Å². The van der Waals surface area contributed by atoms with E-state index in [0.717, 1.165) is 31.4 Å². The summed E-state index contributed by atoms with van der Waals surface area (Å²) >= 11 is 0. The summed E-state index contributed by atoms with van der Waals surface area (Å²) in [7, 11) is -2.43. The number of ether oxygens (including phenoxy) is 1. The molecule has 0 unspecified atom stereocenters. The molecule has 0 aliphatic carbocycles. The SMILES string of the molecule is CC[C@@H]1CNC[C@H](CCCc2c(F)cccc2NC(=O)[C@@H](NC(=O)OC)[C@@H](c2ccc(F)cc2)c2cc(F)cc(F)c2)N1S(C)(=O)=O. The van der Waals surface area contributed by atoms with E-state index < -0.39 is 57.3 Å². The molecule has 2 amide bonds. The second kappa shape index (κ2) is 15.7. The van der Waals surface area contributed by atoms with Crippen molar-refractivity contribution in [3.8, 4) is 0 Å². The molecule has 0 radical (unpaired) electrons. The van der Waals surface area contributed by atoms with E-state index >= 15 is 4.39 Å². The normalized spacial score (nSPS) is 18.3. The lowest BCUT2D eigenvalue weighted by Crippen LogP contribution is -2.58. The molecule has 1 aliphatic rings. The van der Waals surface area contributed by atoms with Gasteiger partial charge >= 0.3 is 6.09 Å². The molecule has 4 atom stereocenters. The average Bonchev–Trinajstić information content (AvgIpc) is 3.01. The number of alkyl carbamates (subject to hydrolysis) is 1. The first-order chi connectivity index (χ1) is 22.3. The third kappa shape index (κ3) is 9.08. The fraction of sp³-hybridized carbons (Fsp3) is 0.394. The molecule has 0 bridgehead atoms. The van der Waals surface area contributed by atoms with Crippen molar-refractivity contribution in [3.63, 3.8) is 0 Å². The van der Waals surface area contributed by atoms with E-state index in [2.05, 4.69) is 16.0 Å². The highest BCUT2D eigenvalue weighted by molar-refractivity contribution is 7.88. The summed E-state index contributed by atoms with van der Waals surface area (Å²) in [6.07, 6.45) is 1.71. The molecular weight excluding hydrogens is 640 g/mol. The Morgan fingerprint density at radius 3 is 2.23 bits per heavy atom. The quantitative estimate of drug-likeness (QED) is 0.231. The lowest BCUT2D eigenvalue weighted by atomic mass is 9.84. The van der Waals surface area contributed by atoms with Crippen molar-refractivity contribution in [1.82, 2.24) is 14.9 Å². The monoisotopic (exact) mass is 678 g/mol. The van der Waals surface area contributed by atoms with Gasteiger partial charge in [-0.05, 0) is 73.2 Å².